The third-order valence-corrected chi connectivity index (χ3v) is 3.05. The predicted octanol–water partition coefficient (Wildman–Crippen LogP) is 2.17. The molecule has 1 saturated heterocycles. The summed E-state index contributed by atoms with van der Waals surface area (Å²) in [5.41, 5.74) is 5.83. The van der Waals surface area contributed by atoms with Crippen molar-refractivity contribution in [1.29, 1.82) is 0 Å². The van der Waals surface area contributed by atoms with Crippen LogP contribution >= 0.6 is 24.0 Å². The summed E-state index contributed by atoms with van der Waals surface area (Å²) in [5.74, 6) is 0.868. The van der Waals surface area contributed by atoms with Crippen LogP contribution in [0.5, 0.6) is 5.75 Å². The van der Waals surface area contributed by atoms with Gasteiger partial charge in [0.2, 0.25) is 0 Å². The lowest BCUT2D eigenvalue weighted by Crippen LogP contribution is -2.29. The number of hydrogen-bond donors (Lipinski definition) is 1. The van der Waals surface area contributed by atoms with Gasteiger partial charge < -0.3 is 10.5 Å². The Balaban J connectivity index is 0.00000144. The number of halogens is 2. The minimum absolute atomic E-state index is 0. The Morgan fingerprint density at radius 1 is 1.35 bits per heavy atom. The number of hydrogen-bond acceptors (Lipinski definition) is 3. The van der Waals surface area contributed by atoms with Gasteiger partial charge in [0.1, 0.15) is 12.4 Å². The highest BCUT2D eigenvalue weighted by Crippen LogP contribution is 2.15. The van der Waals surface area contributed by atoms with E-state index in [1.165, 1.54) is 0 Å². The van der Waals surface area contributed by atoms with Gasteiger partial charge in [-0.15, -0.1) is 12.4 Å². The molecule has 0 bridgehead atoms. The van der Waals surface area contributed by atoms with Gasteiger partial charge in [-0.3, -0.25) is 4.90 Å². The summed E-state index contributed by atoms with van der Waals surface area (Å²) in [5, 5.41) is 0.734. The summed E-state index contributed by atoms with van der Waals surface area (Å²) in [6.45, 7) is 3.72. The molecule has 0 spiro atoms. The summed E-state index contributed by atoms with van der Waals surface area (Å²) in [6, 6.07) is 7.79. The molecular weight excluding hydrogens is 259 g/mol. The second-order valence-electron chi connectivity index (χ2n) is 4.15. The average molecular weight is 277 g/mol. The van der Waals surface area contributed by atoms with Crippen LogP contribution < -0.4 is 10.5 Å². The fraction of sp³-hybridized carbons (Fsp3) is 0.500. The third-order valence-electron chi connectivity index (χ3n) is 2.80. The highest BCUT2D eigenvalue weighted by Gasteiger charge is 2.18. The van der Waals surface area contributed by atoms with E-state index in [9.17, 15) is 0 Å². The molecule has 2 N–H and O–H groups in total. The van der Waals surface area contributed by atoms with Crippen LogP contribution in [0, 0.1) is 0 Å². The number of nitrogens with two attached hydrogens (primary N) is 1. The van der Waals surface area contributed by atoms with E-state index >= 15 is 0 Å². The minimum Gasteiger partial charge on any atom is -0.492 e. The maximum Gasteiger partial charge on any atom is 0.119 e. The molecule has 1 aliphatic heterocycles. The molecule has 1 fully saturated rings. The summed E-state index contributed by atoms with van der Waals surface area (Å²) in [4.78, 5) is 2.33. The van der Waals surface area contributed by atoms with Crippen molar-refractivity contribution in [3.8, 4) is 5.75 Å². The smallest absolute Gasteiger partial charge is 0.119 e. The Morgan fingerprint density at radius 3 is 2.65 bits per heavy atom. The quantitative estimate of drug-likeness (QED) is 0.916. The fourth-order valence-corrected chi connectivity index (χ4v) is 2.02. The molecule has 2 rings (SSSR count). The molecule has 0 aromatic heterocycles. The van der Waals surface area contributed by atoms with E-state index in [-0.39, 0.29) is 12.4 Å². The van der Waals surface area contributed by atoms with Crippen LogP contribution in [0.15, 0.2) is 24.3 Å². The topological polar surface area (TPSA) is 38.5 Å². The standard InChI is InChI=1S/C12H17ClN2O.ClH/c13-10-1-3-12(4-2-10)16-8-7-15-6-5-11(14)9-15;/h1-4,11H,5-9,14H2;1H/t11-;/m1./s1. The Hall–Kier alpha value is -0.480. The first kappa shape index (κ1) is 14.6. The van der Waals surface area contributed by atoms with Crippen LogP contribution in [-0.4, -0.2) is 37.2 Å². The number of nitrogens with zero attached hydrogens (tertiary/aromatic N) is 1. The Morgan fingerprint density at radius 2 is 2.06 bits per heavy atom. The normalized spacial score (nSPS) is 20.0. The lowest BCUT2D eigenvalue weighted by atomic mass is 10.3. The number of benzene rings is 1. The summed E-state index contributed by atoms with van der Waals surface area (Å²) in [7, 11) is 0. The van der Waals surface area contributed by atoms with Crippen molar-refractivity contribution in [3.05, 3.63) is 29.3 Å². The molecule has 1 aliphatic rings. The molecule has 3 nitrogen and oxygen atoms in total. The van der Waals surface area contributed by atoms with E-state index in [1.807, 2.05) is 24.3 Å². The van der Waals surface area contributed by atoms with Crippen LogP contribution in [0.25, 0.3) is 0 Å². The first-order valence-electron chi connectivity index (χ1n) is 5.60. The molecule has 0 unspecified atom stereocenters. The Labute approximate surface area is 113 Å². The molecule has 0 saturated carbocycles. The van der Waals surface area contributed by atoms with Crippen LogP contribution in [0.2, 0.25) is 5.02 Å². The van der Waals surface area contributed by atoms with Crippen molar-refractivity contribution < 1.29 is 4.74 Å². The zero-order valence-electron chi connectivity index (χ0n) is 9.64. The van der Waals surface area contributed by atoms with Gasteiger partial charge in [-0.25, -0.2) is 0 Å². The van der Waals surface area contributed by atoms with Gasteiger partial charge in [-0.05, 0) is 37.2 Å². The third kappa shape index (κ3) is 4.72. The van der Waals surface area contributed by atoms with Crippen LogP contribution in [0.3, 0.4) is 0 Å². The molecule has 0 aliphatic carbocycles. The second-order valence-corrected chi connectivity index (χ2v) is 4.59. The molecule has 96 valence electrons. The molecule has 1 atom stereocenters. The monoisotopic (exact) mass is 276 g/mol. The number of ether oxygens (including phenoxy) is 1. The second kappa shape index (κ2) is 7.07. The first-order valence-corrected chi connectivity index (χ1v) is 5.98. The van der Waals surface area contributed by atoms with Crippen LogP contribution in [-0.2, 0) is 0 Å². The van der Waals surface area contributed by atoms with Crippen molar-refractivity contribution >= 4 is 24.0 Å². The summed E-state index contributed by atoms with van der Waals surface area (Å²) in [6.07, 6.45) is 1.10. The maximum atomic E-state index is 5.83. The SMILES string of the molecule is Cl.N[C@@H]1CCN(CCOc2ccc(Cl)cc2)C1. The van der Waals surface area contributed by atoms with Gasteiger partial charge in [0.05, 0.1) is 0 Å². The zero-order chi connectivity index (χ0) is 11.4. The van der Waals surface area contributed by atoms with E-state index < -0.39 is 0 Å². The van der Waals surface area contributed by atoms with Crippen LogP contribution in [0.1, 0.15) is 6.42 Å². The zero-order valence-corrected chi connectivity index (χ0v) is 11.2. The number of likely N-dealkylation sites (tertiary alicyclic amines) is 1. The van der Waals surface area contributed by atoms with Gasteiger partial charge in [-0.1, -0.05) is 11.6 Å². The van der Waals surface area contributed by atoms with E-state index in [1.54, 1.807) is 0 Å². The van der Waals surface area contributed by atoms with Gasteiger partial charge in [0.15, 0.2) is 0 Å². The van der Waals surface area contributed by atoms with Crippen LogP contribution in [0.4, 0.5) is 0 Å². The molecular formula is C12H18Cl2N2O. The van der Waals surface area contributed by atoms with E-state index in [4.69, 9.17) is 22.1 Å². The fourth-order valence-electron chi connectivity index (χ4n) is 1.89. The Bertz CT molecular complexity index is 332. The van der Waals surface area contributed by atoms with E-state index in [0.29, 0.717) is 12.6 Å². The first-order chi connectivity index (χ1) is 7.74. The molecule has 17 heavy (non-hydrogen) atoms. The highest BCUT2D eigenvalue weighted by molar-refractivity contribution is 6.30. The molecule has 5 heteroatoms. The lowest BCUT2D eigenvalue weighted by Gasteiger charge is -2.15. The lowest BCUT2D eigenvalue weighted by molar-refractivity contribution is 0.236. The minimum atomic E-state index is 0. The van der Waals surface area contributed by atoms with Crippen molar-refractivity contribution in [2.75, 3.05) is 26.2 Å². The van der Waals surface area contributed by atoms with Gasteiger partial charge in [0.25, 0.3) is 0 Å². The average Bonchev–Trinajstić information content (AvgIpc) is 2.67. The van der Waals surface area contributed by atoms with Crippen molar-refractivity contribution in [2.45, 2.75) is 12.5 Å². The largest absolute Gasteiger partial charge is 0.492 e. The molecule has 1 heterocycles. The summed E-state index contributed by atoms with van der Waals surface area (Å²) < 4.78 is 5.62. The molecule has 0 amide bonds. The van der Waals surface area contributed by atoms with Crippen molar-refractivity contribution in [2.24, 2.45) is 5.73 Å². The predicted molar refractivity (Wildman–Crippen MR) is 73.2 cm³/mol. The summed E-state index contributed by atoms with van der Waals surface area (Å²) >= 11 is 5.79. The highest BCUT2D eigenvalue weighted by atomic mass is 35.5. The molecule has 1 aromatic rings. The Kier molecular flexibility index (Phi) is 6.06. The number of rotatable bonds is 4. The van der Waals surface area contributed by atoms with Gasteiger partial charge >= 0.3 is 0 Å². The molecule has 1 aromatic carbocycles. The van der Waals surface area contributed by atoms with Crippen molar-refractivity contribution in [3.63, 3.8) is 0 Å². The van der Waals surface area contributed by atoms with Gasteiger partial charge in [-0.2, -0.15) is 0 Å². The maximum absolute atomic E-state index is 5.83. The molecule has 0 radical (unpaired) electrons. The van der Waals surface area contributed by atoms with E-state index in [0.717, 1.165) is 36.8 Å². The van der Waals surface area contributed by atoms with Crippen molar-refractivity contribution in [1.82, 2.24) is 4.90 Å². The van der Waals surface area contributed by atoms with Gasteiger partial charge in [0, 0.05) is 24.2 Å². The van der Waals surface area contributed by atoms with E-state index in [2.05, 4.69) is 4.90 Å².